The summed E-state index contributed by atoms with van der Waals surface area (Å²) in [6.07, 6.45) is 1.80. The van der Waals surface area contributed by atoms with Crippen LogP contribution in [0.1, 0.15) is 46.1 Å². The number of rotatable bonds is 7. The molecule has 0 atom stereocenters. The molecule has 9 heteroatoms. The smallest absolute Gasteiger partial charge is 0.269 e. The summed E-state index contributed by atoms with van der Waals surface area (Å²) >= 11 is 0. The van der Waals surface area contributed by atoms with Crippen LogP contribution in [0.25, 0.3) is 0 Å². The van der Waals surface area contributed by atoms with E-state index in [2.05, 4.69) is 15.9 Å². The lowest BCUT2D eigenvalue weighted by Gasteiger charge is -2.37. The van der Waals surface area contributed by atoms with Crippen LogP contribution in [0.5, 0.6) is 5.75 Å². The number of piperazine rings is 1. The van der Waals surface area contributed by atoms with Gasteiger partial charge in [-0.1, -0.05) is 18.2 Å². The molecule has 0 bridgehead atoms. The number of methoxy groups -OCH3 is 1. The van der Waals surface area contributed by atoms with E-state index >= 15 is 0 Å². The standard InChI is InChI=1S/C30H35N5O4/c1-22-9-10-28(30(36)34-17-15-33(16-18-34)25-6-4-8-27(20-25)39-2)29(31-22)24-11-13-32(14-12-24)21-23-5-3-7-26(19-23)35(37)38/h3-10,19-20,24H,11-18,21H2,1-2H3. The summed E-state index contributed by atoms with van der Waals surface area (Å²) in [4.78, 5) is 35.9. The van der Waals surface area contributed by atoms with Gasteiger partial charge in [0.2, 0.25) is 0 Å². The first-order chi connectivity index (χ1) is 18.9. The average Bonchev–Trinajstić information content (AvgIpc) is 2.97. The Balaban J connectivity index is 1.22. The Morgan fingerprint density at radius 1 is 1.00 bits per heavy atom. The quantitative estimate of drug-likeness (QED) is 0.325. The van der Waals surface area contributed by atoms with Crippen molar-refractivity contribution in [1.82, 2.24) is 14.8 Å². The number of nitrogens with zero attached hydrogens (tertiary/aromatic N) is 5. The van der Waals surface area contributed by atoms with Gasteiger partial charge in [-0.2, -0.15) is 0 Å². The number of likely N-dealkylation sites (tertiary alicyclic amines) is 1. The maximum absolute atomic E-state index is 13.7. The summed E-state index contributed by atoms with van der Waals surface area (Å²) in [5, 5.41) is 11.1. The predicted molar refractivity (Wildman–Crippen MR) is 150 cm³/mol. The van der Waals surface area contributed by atoms with E-state index in [1.54, 1.807) is 19.2 Å². The number of ether oxygens (including phenoxy) is 1. The lowest BCUT2D eigenvalue weighted by Crippen LogP contribution is -2.49. The zero-order valence-electron chi connectivity index (χ0n) is 22.6. The number of amides is 1. The van der Waals surface area contributed by atoms with Crippen LogP contribution in [0.2, 0.25) is 0 Å². The van der Waals surface area contributed by atoms with Gasteiger partial charge in [-0.15, -0.1) is 0 Å². The monoisotopic (exact) mass is 529 g/mol. The van der Waals surface area contributed by atoms with E-state index in [0.29, 0.717) is 25.2 Å². The molecule has 0 radical (unpaired) electrons. The Kier molecular flexibility index (Phi) is 8.07. The van der Waals surface area contributed by atoms with Crippen LogP contribution in [0, 0.1) is 17.0 Å². The number of aromatic nitrogens is 1. The van der Waals surface area contributed by atoms with Gasteiger partial charge in [0.15, 0.2) is 0 Å². The molecule has 2 fully saturated rings. The van der Waals surface area contributed by atoms with Gasteiger partial charge in [-0.25, -0.2) is 0 Å². The number of hydrogen-bond acceptors (Lipinski definition) is 7. The van der Waals surface area contributed by atoms with E-state index < -0.39 is 0 Å². The molecule has 0 aliphatic carbocycles. The highest BCUT2D eigenvalue weighted by Crippen LogP contribution is 2.31. The number of pyridine rings is 1. The second kappa shape index (κ2) is 11.8. The number of anilines is 1. The number of piperidine rings is 1. The van der Waals surface area contributed by atoms with Crippen LogP contribution < -0.4 is 9.64 Å². The zero-order valence-corrected chi connectivity index (χ0v) is 22.6. The molecule has 5 rings (SSSR count). The number of hydrogen-bond donors (Lipinski definition) is 0. The molecule has 9 nitrogen and oxygen atoms in total. The van der Waals surface area contributed by atoms with Crippen molar-refractivity contribution in [3.63, 3.8) is 0 Å². The molecule has 2 saturated heterocycles. The minimum Gasteiger partial charge on any atom is -0.497 e. The predicted octanol–water partition coefficient (Wildman–Crippen LogP) is 4.65. The van der Waals surface area contributed by atoms with E-state index in [9.17, 15) is 14.9 Å². The molecule has 39 heavy (non-hydrogen) atoms. The fourth-order valence-electron chi connectivity index (χ4n) is 5.61. The summed E-state index contributed by atoms with van der Waals surface area (Å²) < 4.78 is 5.37. The van der Waals surface area contributed by atoms with Crippen molar-refractivity contribution >= 4 is 17.3 Å². The van der Waals surface area contributed by atoms with Gasteiger partial charge >= 0.3 is 0 Å². The summed E-state index contributed by atoms with van der Waals surface area (Å²) in [5.74, 6) is 1.10. The number of carbonyl (C=O) groups is 1. The van der Waals surface area contributed by atoms with Crippen molar-refractivity contribution in [3.05, 3.63) is 93.3 Å². The number of non-ortho nitro benzene ring substituents is 1. The summed E-state index contributed by atoms with van der Waals surface area (Å²) in [6.45, 7) is 7.22. The first-order valence-electron chi connectivity index (χ1n) is 13.5. The summed E-state index contributed by atoms with van der Waals surface area (Å²) in [7, 11) is 1.67. The number of aryl methyl sites for hydroxylation is 1. The van der Waals surface area contributed by atoms with Crippen molar-refractivity contribution in [3.8, 4) is 5.75 Å². The third kappa shape index (κ3) is 6.20. The van der Waals surface area contributed by atoms with E-state index in [1.165, 1.54) is 6.07 Å². The van der Waals surface area contributed by atoms with Crippen molar-refractivity contribution in [2.75, 3.05) is 51.3 Å². The molecule has 2 aliphatic rings. The SMILES string of the molecule is COc1cccc(N2CCN(C(=O)c3ccc(C)nc3C3CCN(Cc4cccc([N+](=O)[O-])c4)CC3)CC2)c1. The van der Waals surface area contributed by atoms with Crippen molar-refractivity contribution < 1.29 is 14.5 Å². The van der Waals surface area contributed by atoms with Gasteiger partial charge in [0.1, 0.15) is 5.75 Å². The first-order valence-corrected chi connectivity index (χ1v) is 13.5. The number of carbonyl (C=O) groups excluding carboxylic acids is 1. The third-order valence-corrected chi connectivity index (χ3v) is 7.78. The molecule has 204 valence electrons. The molecule has 0 saturated carbocycles. The maximum atomic E-state index is 13.7. The molecule has 0 unspecified atom stereocenters. The Labute approximate surface area is 229 Å². The molecule has 0 N–H and O–H groups in total. The minimum absolute atomic E-state index is 0.0572. The topological polar surface area (TPSA) is 92.1 Å². The van der Waals surface area contributed by atoms with Gasteiger partial charge in [0.25, 0.3) is 11.6 Å². The van der Waals surface area contributed by atoms with Crippen LogP contribution in [0.4, 0.5) is 11.4 Å². The highest BCUT2D eigenvalue weighted by molar-refractivity contribution is 5.95. The number of nitro groups is 1. The fraction of sp³-hybridized carbons (Fsp3) is 0.400. The van der Waals surface area contributed by atoms with Crippen molar-refractivity contribution in [2.24, 2.45) is 0 Å². The van der Waals surface area contributed by atoms with Crippen LogP contribution in [-0.4, -0.2) is 72.0 Å². The van der Waals surface area contributed by atoms with E-state index in [0.717, 1.165) is 67.4 Å². The maximum Gasteiger partial charge on any atom is 0.269 e. The highest BCUT2D eigenvalue weighted by Gasteiger charge is 2.29. The lowest BCUT2D eigenvalue weighted by atomic mass is 9.89. The van der Waals surface area contributed by atoms with E-state index in [-0.39, 0.29) is 22.4 Å². The van der Waals surface area contributed by atoms with Crippen molar-refractivity contribution in [2.45, 2.75) is 32.2 Å². The second-order valence-electron chi connectivity index (χ2n) is 10.3. The molecular weight excluding hydrogens is 494 g/mol. The average molecular weight is 530 g/mol. The third-order valence-electron chi connectivity index (χ3n) is 7.78. The Morgan fingerprint density at radius 2 is 1.74 bits per heavy atom. The van der Waals surface area contributed by atoms with E-state index in [1.807, 2.05) is 48.2 Å². The fourth-order valence-corrected chi connectivity index (χ4v) is 5.61. The molecule has 3 aromatic rings. The van der Waals surface area contributed by atoms with Gasteiger partial charge in [0.05, 0.1) is 23.3 Å². The molecular formula is C30H35N5O4. The minimum atomic E-state index is -0.351. The molecule has 1 aromatic heterocycles. The van der Waals surface area contributed by atoms with Crippen LogP contribution in [0.3, 0.4) is 0 Å². The Morgan fingerprint density at radius 3 is 2.46 bits per heavy atom. The largest absolute Gasteiger partial charge is 0.497 e. The second-order valence-corrected chi connectivity index (χ2v) is 10.3. The Hall–Kier alpha value is -3.98. The normalized spacial score (nSPS) is 16.8. The number of benzene rings is 2. The zero-order chi connectivity index (χ0) is 27.4. The van der Waals surface area contributed by atoms with Gasteiger partial charge in [0, 0.05) is 68.2 Å². The van der Waals surface area contributed by atoms with Gasteiger partial charge in [-0.05, 0) is 62.7 Å². The number of nitro benzene ring substituents is 1. The van der Waals surface area contributed by atoms with Crippen LogP contribution in [0.15, 0.2) is 60.7 Å². The molecule has 1 amide bonds. The molecule has 2 aromatic carbocycles. The molecule has 0 spiro atoms. The van der Waals surface area contributed by atoms with Crippen molar-refractivity contribution in [1.29, 1.82) is 0 Å². The first kappa shape index (κ1) is 26.6. The molecule has 3 heterocycles. The molecule has 2 aliphatic heterocycles. The van der Waals surface area contributed by atoms with Crippen LogP contribution in [-0.2, 0) is 6.54 Å². The van der Waals surface area contributed by atoms with Gasteiger partial charge in [-0.3, -0.25) is 24.8 Å². The lowest BCUT2D eigenvalue weighted by molar-refractivity contribution is -0.384. The summed E-state index contributed by atoms with van der Waals surface area (Å²) in [6, 6.07) is 18.8. The Bertz CT molecular complexity index is 1330. The van der Waals surface area contributed by atoms with Gasteiger partial charge < -0.3 is 14.5 Å². The summed E-state index contributed by atoms with van der Waals surface area (Å²) in [5.41, 5.74) is 4.72. The highest BCUT2D eigenvalue weighted by atomic mass is 16.6. The van der Waals surface area contributed by atoms with Crippen LogP contribution >= 0.6 is 0 Å². The van der Waals surface area contributed by atoms with E-state index in [4.69, 9.17) is 9.72 Å².